The molecule has 0 saturated heterocycles. The Labute approximate surface area is 222 Å². The molecule has 4 nitrogen and oxygen atoms in total. The monoisotopic (exact) mass is 512 g/mol. The lowest BCUT2D eigenvalue weighted by atomic mass is 10.0. The van der Waals surface area contributed by atoms with Gasteiger partial charge >= 0.3 is 0 Å². The molecule has 0 atom stereocenters. The Bertz CT molecular complexity index is 1800. The van der Waals surface area contributed by atoms with Crippen LogP contribution in [0.25, 0.3) is 61.1 Å². The first-order valence-corrected chi connectivity index (χ1v) is 13.6. The highest BCUT2D eigenvalue weighted by Crippen LogP contribution is 2.41. The second kappa shape index (κ2) is 9.24. The summed E-state index contributed by atoms with van der Waals surface area (Å²) in [6.45, 7) is 0. The molecule has 0 saturated carbocycles. The SMILES string of the molecule is c1ccc(-c2nc(-c3ccc(-c4cccs4)c4nsnc34)n(-c3ccccc3)c2-c2ccccc2)cc1. The van der Waals surface area contributed by atoms with Gasteiger partial charge in [-0.1, -0.05) is 91.0 Å². The van der Waals surface area contributed by atoms with Crippen LogP contribution in [0.2, 0.25) is 0 Å². The van der Waals surface area contributed by atoms with Crippen molar-refractivity contribution in [3.05, 3.63) is 121 Å². The maximum atomic E-state index is 5.33. The van der Waals surface area contributed by atoms with Crippen molar-refractivity contribution in [2.24, 2.45) is 0 Å². The number of fused-ring (bicyclic) bond motifs is 1. The molecule has 3 aromatic heterocycles. The van der Waals surface area contributed by atoms with Gasteiger partial charge in [0.25, 0.3) is 0 Å². The largest absolute Gasteiger partial charge is 0.292 e. The summed E-state index contributed by atoms with van der Waals surface area (Å²) < 4.78 is 11.7. The van der Waals surface area contributed by atoms with Crippen molar-refractivity contribution in [1.82, 2.24) is 18.3 Å². The standard InChI is InChI=1S/C31H20N4S2/c1-4-11-21(12-5-1)27-30(22-13-6-2-7-14-22)35(23-15-8-3-9-16-23)31(32-27)25-19-18-24(26-17-10-20-36-26)28-29(25)34-37-33-28/h1-20H. The van der Waals surface area contributed by atoms with E-state index in [4.69, 9.17) is 13.7 Å². The molecule has 7 rings (SSSR count). The maximum Gasteiger partial charge on any atom is 0.148 e. The minimum atomic E-state index is 0.847. The molecule has 6 heteroatoms. The Morgan fingerprint density at radius 1 is 0.568 bits per heavy atom. The minimum Gasteiger partial charge on any atom is -0.292 e. The van der Waals surface area contributed by atoms with Gasteiger partial charge in [-0.2, -0.15) is 8.75 Å². The van der Waals surface area contributed by atoms with E-state index in [0.717, 1.165) is 56.2 Å². The van der Waals surface area contributed by atoms with Crippen molar-refractivity contribution in [3.8, 4) is 50.0 Å². The lowest BCUT2D eigenvalue weighted by Crippen LogP contribution is -2.00. The van der Waals surface area contributed by atoms with Crippen molar-refractivity contribution >= 4 is 34.1 Å². The van der Waals surface area contributed by atoms with E-state index in [1.165, 1.54) is 16.6 Å². The predicted molar refractivity (Wildman–Crippen MR) is 154 cm³/mol. The van der Waals surface area contributed by atoms with Gasteiger partial charge in [0.1, 0.15) is 16.9 Å². The average molecular weight is 513 g/mol. The summed E-state index contributed by atoms with van der Waals surface area (Å²) in [5.41, 5.74) is 9.05. The highest BCUT2D eigenvalue weighted by Gasteiger charge is 2.25. The summed E-state index contributed by atoms with van der Waals surface area (Å²) in [6.07, 6.45) is 0. The molecule has 0 bridgehead atoms. The number of hydrogen-bond acceptors (Lipinski definition) is 5. The highest BCUT2D eigenvalue weighted by molar-refractivity contribution is 7.13. The zero-order valence-electron chi connectivity index (χ0n) is 19.7. The van der Waals surface area contributed by atoms with Crippen LogP contribution >= 0.6 is 23.1 Å². The Morgan fingerprint density at radius 2 is 1.19 bits per heavy atom. The first-order valence-electron chi connectivity index (χ1n) is 12.0. The van der Waals surface area contributed by atoms with Gasteiger partial charge in [0.05, 0.1) is 23.1 Å². The Balaban J connectivity index is 1.57. The summed E-state index contributed by atoms with van der Waals surface area (Å²) in [4.78, 5) is 6.51. The van der Waals surface area contributed by atoms with Crippen LogP contribution in [-0.4, -0.2) is 18.3 Å². The third kappa shape index (κ3) is 3.78. The second-order valence-corrected chi connectivity index (χ2v) is 10.1. The van der Waals surface area contributed by atoms with Crippen LogP contribution in [-0.2, 0) is 0 Å². The van der Waals surface area contributed by atoms with E-state index in [1.807, 2.05) is 18.2 Å². The molecule has 37 heavy (non-hydrogen) atoms. The van der Waals surface area contributed by atoms with Crippen LogP contribution in [0.3, 0.4) is 0 Å². The van der Waals surface area contributed by atoms with Gasteiger partial charge in [0, 0.05) is 32.8 Å². The number of aromatic nitrogens is 4. The smallest absolute Gasteiger partial charge is 0.148 e. The zero-order valence-corrected chi connectivity index (χ0v) is 21.3. The Morgan fingerprint density at radius 3 is 1.86 bits per heavy atom. The third-order valence-corrected chi connectivity index (χ3v) is 7.86. The molecular weight excluding hydrogens is 493 g/mol. The van der Waals surface area contributed by atoms with E-state index in [1.54, 1.807) is 11.3 Å². The second-order valence-electron chi connectivity index (χ2n) is 8.64. The number of para-hydroxylation sites is 1. The molecule has 0 aliphatic heterocycles. The number of hydrogen-bond donors (Lipinski definition) is 0. The van der Waals surface area contributed by atoms with Gasteiger partial charge in [-0.3, -0.25) is 4.57 Å². The third-order valence-electron chi connectivity index (χ3n) is 6.43. The molecule has 0 N–H and O–H groups in total. The average Bonchev–Trinajstić information content (AvgIpc) is 3.74. The fourth-order valence-electron chi connectivity index (χ4n) is 4.77. The molecule has 0 aliphatic rings. The number of nitrogens with zero attached hydrogens (tertiary/aromatic N) is 4. The van der Waals surface area contributed by atoms with E-state index >= 15 is 0 Å². The van der Waals surface area contributed by atoms with E-state index in [2.05, 4.69) is 107 Å². The molecule has 0 aliphatic carbocycles. The quantitative estimate of drug-likeness (QED) is 0.232. The number of rotatable bonds is 5. The van der Waals surface area contributed by atoms with Gasteiger partial charge in [0.15, 0.2) is 0 Å². The molecule has 0 radical (unpaired) electrons. The van der Waals surface area contributed by atoms with E-state index in [0.29, 0.717) is 0 Å². The van der Waals surface area contributed by atoms with Gasteiger partial charge in [-0.25, -0.2) is 4.98 Å². The molecule has 7 aromatic rings. The van der Waals surface area contributed by atoms with E-state index in [9.17, 15) is 0 Å². The fourth-order valence-corrected chi connectivity index (χ4v) is 6.09. The van der Waals surface area contributed by atoms with Crippen LogP contribution in [0.1, 0.15) is 0 Å². The first-order chi connectivity index (χ1) is 18.4. The normalized spacial score (nSPS) is 11.2. The van der Waals surface area contributed by atoms with E-state index < -0.39 is 0 Å². The summed E-state index contributed by atoms with van der Waals surface area (Å²) in [6, 6.07) is 39.8. The first kappa shape index (κ1) is 21.9. The van der Waals surface area contributed by atoms with Gasteiger partial charge < -0.3 is 0 Å². The summed E-state index contributed by atoms with van der Waals surface area (Å²) in [5, 5.41) is 2.09. The highest BCUT2D eigenvalue weighted by atomic mass is 32.1. The van der Waals surface area contributed by atoms with Crippen molar-refractivity contribution in [1.29, 1.82) is 0 Å². The van der Waals surface area contributed by atoms with Crippen LogP contribution in [0.5, 0.6) is 0 Å². The van der Waals surface area contributed by atoms with Crippen LogP contribution < -0.4 is 0 Å². The molecule has 3 heterocycles. The van der Waals surface area contributed by atoms with Crippen LogP contribution in [0.4, 0.5) is 0 Å². The van der Waals surface area contributed by atoms with E-state index in [-0.39, 0.29) is 0 Å². The topological polar surface area (TPSA) is 43.6 Å². The predicted octanol–water partition coefficient (Wildman–Crippen LogP) is 8.61. The minimum absolute atomic E-state index is 0.847. The Hall–Kier alpha value is -4.39. The zero-order chi connectivity index (χ0) is 24.6. The number of benzene rings is 4. The fraction of sp³-hybridized carbons (Fsp3) is 0. The molecule has 0 spiro atoms. The molecule has 0 unspecified atom stereocenters. The summed E-state index contributed by atoms with van der Waals surface area (Å²) >= 11 is 2.96. The van der Waals surface area contributed by atoms with Crippen molar-refractivity contribution < 1.29 is 0 Å². The summed E-state index contributed by atoms with van der Waals surface area (Å²) in [5.74, 6) is 0.847. The van der Waals surface area contributed by atoms with Gasteiger partial charge in [-0.15, -0.1) is 11.3 Å². The van der Waals surface area contributed by atoms with Crippen LogP contribution in [0, 0.1) is 0 Å². The van der Waals surface area contributed by atoms with Gasteiger partial charge in [0.2, 0.25) is 0 Å². The van der Waals surface area contributed by atoms with Crippen LogP contribution in [0.15, 0.2) is 121 Å². The lowest BCUT2D eigenvalue weighted by molar-refractivity contribution is 1.08. The summed E-state index contributed by atoms with van der Waals surface area (Å²) in [7, 11) is 0. The molecule has 176 valence electrons. The van der Waals surface area contributed by atoms with Crippen molar-refractivity contribution in [3.63, 3.8) is 0 Å². The molecule has 4 aromatic carbocycles. The van der Waals surface area contributed by atoms with Gasteiger partial charge in [-0.05, 0) is 29.6 Å². The lowest BCUT2D eigenvalue weighted by Gasteiger charge is -2.14. The molecular formula is C31H20N4S2. The molecule has 0 amide bonds. The number of thiophene rings is 1. The Kier molecular flexibility index (Phi) is 5.46. The number of imidazole rings is 1. The van der Waals surface area contributed by atoms with Crippen molar-refractivity contribution in [2.45, 2.75) is 0 Å². The maximum absolute atomic E-state index is 5.33. The molecule has 0 fully saturated rings. The van der Waals surface area contributed by atoms with Crippen molar-refractivity contribution in [2.75, 3.05) is 0 Å².